The third-order valence-corrected chi connectivity index (χ3v) is 9.43. The maximum absolute atomic E-state index is 14.3. The fourth-order valence-corrected chi connectivity index (χ4v) is 6.38. The van der Waals surface area contributed by atoms with Gasteiger partial charge >= 0.3 is 0 Å². The summed E-state index contributed by atoms with van der Waals surface area (Å²) in [7, 11) is -4.24. The normalized spacial score (nSPS) is 12.7. The first-order valence-corrected chi connectivity index (χ1v) is 16.5. The van der Waals surface area contributed by atoms with E-state index in [1.54, 1.807) is 68.4 Å². The van der Waals surface area contributed by atoms with Crippen molar-refractivity contribution in [1.29, 1.82) is 0 Å². The van der Waals surface area contributed by atoms with Gasteiger partial charge in [0.25, 0.3) is 10.0 Å². The lowest BCUT2D eigenvalue weighted by molar-refractivity contribution is -0.140. The van der Waals surface area contributed by atoms with Crippen molar-refractivity contribution in [3.05, 3.63) is 87.9 Å². The van der Waals surface area contributed by atoms with Crippen molar-refractivity contribution in [1.82, 2.24) is 10.2 Å². The number of hydrogen-bond donors (Lipinski definition) is 1. The molecule has 0 spiro atoms. The topological polar surface area (TPSA) is 96.0 Å². The van der Waals surface area contributed by atoms with Crippen LogP contribution in [0.4, 0.5) is 5.69 Å². The van der Waals surface area contributed by atoms with Gasteiger partial charge in [0.2, 0.25) is 11.8 Å². The molecule has 1 N–H and O–H groups in total. The van der Waals surface area contributed by atoms with Crippen molar-refractivity contribution in [3.63, 3.8) is 0 Å². The van der Waals surface area contributed by atoms with Crippen molar-refractivity contribution in [3.8, 4) is 5.75 Å². The molecule has 0 unspecified atom stereocenters. The molecular formula is C32H39Cl2N3O5S. The highest BCUT2D eigenvalue weighted by Crippen LogP contribution is 2.33. The first-order chi connectivity index (χ1) is 20.4. The van der Waals surface area contributed by atoms with Crippen molar-refractivity contribution in [2.75, 3.05) is 17.5 Å². The molecule has 0 aliphatic heterocycles. The summed E-state index contributed by atoms with van der Waals surface area (Å²) in [6.45, 7) is 8.95. The first-order valence-electron chi connectivity index (χ1n) is 14.3. The van der Waals surface area contributed by atoms with Crippen LogP contribution < -0.4 is 14.4 Å². The van der Waals surface area contributed by atoms with Gasteiger partial charge in [-0.15, -0.1) is 0 Å². The summed E-state index contributed by atoms with van der Waals surface area (Å²) in [6.07, 6.45) is 0.995. The predicted octanol–water partition coefficient (Wildman–Crippen LogP) is 6.62. The van der Waals surface area contributed by atoms with E-state index in [1.807, 2.05) is 20.8 Å². The zero-order chi connectivity index (χ0) is 31.7. The van der Waals surface area contributed by atoms with Gasteiger partial charge in [-0.05, 0) is 75.6 Å². The minimum Gasteiger partial charge on any atom is -0.492 e. The fourth-order valence-electron chi connectivity index (χ4n) is 4.49. The van der Waals surface area contributed by atoms with Crippen LogP contribution in [0.5, 0.6) is 5.75 Å². The number of aryl methyl sites for hydroxylation is 1. The molecule has 3 rings (SSSR count). The standard InChI is InChI=1S/C32H39Cl2N3O5S/c1-6-23(5)35-32(39)28(7-2)36(20-24-15-16-25(33)19-27(24)34)31(38)21-37(29-11-9-10-12-30(29)42-8-3)43(40,41)26-17-13-22(4)14-18-26/h9-19,23,28H,6-8,20-21H2,1-5H3,(H,35,39)/t23-,28-/m1/s1. The molecule has 0 heterocycles. The van der Waals surface area contributed by atoms with Crippen LogP contribution in [-0.4, -0.2) is 50.4 Å². The van der Waals surface area contributed by atoms with Gasteiger partial charge in [-0.25, -0.2) is 8.42 Å². The number of amides is 2. The van der Waals surface area contributed by atoms with Crippen molar-refractivity contribution in [2.24, 2.45) is 0 Å². The average molecular weight is 649 g/mol. The predicted molar refractivity (Wildman–Crippen MR) is 172 cm³/mol. The Labute approximate surface area is 265 Å². The number of rotatable bonds is 14. The Bertz CT molecular complexity index is 1520. The molecule has 11 heteroatoms. The molecule has 43 heavy (non-hydrogen) atoms. The van der Waals surface area contributed by atoms with E-state index in [2.05, 4.69) is 5.32 Å². The molecule has 0 bridgehead atoms. The van der Waals surface area contributed by atoms with Crippen LogP contribution in [0.1, 0.15) is 51.7 Å². The first kappa shape index (κ1) is 34.2. The van der Waals surface area contributed by atoms with Gasteiger partial charge in [0.05, 0.1) is 17.2 Å². The summed E-state index contributed by atoms with van der Waals surface area (Å²) in [5.74, 6) is -0.612. The molecule has 2 atom stereocenters. The van der Waals surface area contributed by atoms with Gasteiger partial charge in [-0.3, -0.25) is 13.9 Å². The lowest BCUT2D eigenvalue weighted by atomic mass is 10.1. The number of anilines is 1. The number of nitrogens with zero attached hydrogens (tertiary/aromatic N) is 2. The van der Waals surface area contributed by atoms with Gasteiger partial charge < -0.3 is 15.0 Å². The van der Waals surface area contributed by atoms with Crippen LogP contribution in [-0.2, 0) is 26.2 Å². The zero-order valence-corrected chi connectivity index (χ0v) is 27.5. The van der Waals surface area contributed by atoms with E-state index in [0.717, 1.165) is 9.87 Å². The number of benzene rings is 3. The summed E-state index contributed by atoms with van der Waals surface area (Å²) in [6, 6.07) is 17.0. The molecule has 0 saturated heterocycles. The fraction of sp³-hybridized carbons (Fsp3) is 0.375. The molecule has 3 aromatic carbocycles. The highest BCUT2D eigenvalue weighted by Gasteiger charge is 2.35. The third-order valence-electron chi connectivity index (χ3n) is 7.06. The largest absolute Gasteiger partial charge is 0.492 e. The second-order valence-electron chi connectivity index (χ2n) is 10.2. The van der Waals surface area contributed by atoms with Gasteiger partial charge in [0.15, 0.2) is 0 Å². The SMILES string of the molecule is CCOc1ccccc1N(CC(=O)N(Cc1ccc(Cl)cc1Cl)[C@H](CC)C(=O)N[C@H](C)CC)S(=O)(=O)c1ccc(C)cc1. The van der Waals surface area contributed by atoms with Crippen molar-refractivity contribution < 1.29 is 22.7 Å². The Morgan fingerprint density at radius 1 is 0.953 bits per heavy atom. The lowest BCUT2D eigenvalue weighted by Crippen LogP contribution is -2.53. The van der Waals surface area contributed by atoms with E-state index in [-0.39, 0.29) is 35.7 Å². The zero-order valence-electron chi connectivity index (χ0n) is 25.1. The monoisotopic (exact) mass is 647 g/mol. The highest BCUT2D eigenvalue weighted by molar-refractivity contribution is 7.92. The second-order valence-corrected chi connectivity index (χ2v) is 12.9. The summed E-state index contributed by atoms with van der Waals surface area (Å²) in [4.78, 5) is 29.2. The number of carbonyl (C=O) groups excluding carboxylic acids is 2. The number of ether oxygens (including phenoxy) is 1. The maximum atomic E-state index is 14.3. The van der Waals surface area contributed by atoms with E-state index in [9.17, 15) is 18.0 Å². The summed E-state index contributed by atoms with van der Waals surface area (Å²) < 4.78 is 35.1. The molecule has 8 nitrogen and oxygen atoms in total. The molecular weight excluding hydrogens is 609 g/mol. The van der Waals surface area contributed by atoms with Gasteiger partial charge in [0.1, 0.15) is 18.3 Å². The molecule has 0 radical (unpaired) electrons. The summed E-state index contributed by atoms with van der Waals surface area (Å²) >= 11 is 12.6. The van der Waals surface area contributed by atoms with E-state index in [4.69, 9.17) is 27.9 Å². The highest BCUT2D eigenvalue weighted by atomic mass is 35.5. The Morgan fingerprint density at radius 2 is 1.63 bits per heavy atom. The Balaban J connectivity index is 2.13. The van der Waals surface area contributed by atoms with Crippen LogP contribution in [0.25, 0.3) is 0 Å². The number of sulfonamides is 1. The molecule has 2 amide bonds. The molecule has 0 aliphatic rings. The molecule has 0 fully saturated rings. The summed E-state index contributed by atoms with van der Waals surface area (Å²) in [5.41, 5.74) is 1.66. The van der Waals surface area contributed by atoms with Crippen LogP contribution in [0.2, 0.25) is 10.0 Å². The lowest BCUT2D eigenvalue weighted by Gasteiger charge is -2.34. The van der Waals surface area contributed by atoms with E-state index >= 15 is 0 Å². The van der Waals surface area contributed by atoms with E-state index in [1.165, 1.54) is 17.0 Å². The van der Waals surface area contributed by atoms with E-state index < -0.39 is 28.5 Å². The number of halogens is 2. The maximum Gasteiger partial charge on any atom is 0.264 e. The Morgan fingerprint density at radius 3 is 2.23 bits per heavy atom. The van der Waals surface area contributed by atoms with Gasteiger partial charge in [-0.2, -0.15) is 0 Å². The van der Waals surface area contributed by atoms with Crippen molar-refractivity contribution >= 4 is 50.7 Å². The smallest absolute Gasteiger partial charge is 0.264 e. The van der Waals surface area contributed by atoms with Gasteiger partial charge in [-0.1, -0.05) is 72.9 Å². The second kappa shape index (κ2) is 15.5. The average Bonchev–Trinajstić information content (AvgIpc) is 2.97. The quantitative estimate of drug-likeness (QED) is 0.212. The number of hydrogen-bond acceptors (Lipinski definition) is 5. The van der Waals surface area contributed by atoms with Crippen LogP contribution in [0.15, 0.2) is 71.6 Å². The molecule has 3 aromatic rings. The molecule has 0 aliphatic carbocycles. The molecule has 232 valence electrons. The third kappa shape index (κ3) is 8.65. The number of para-hydroxylation sites is 2. The summed E-state index contributed by atoms with van der Waals surface area (Å²) in [5, 5.41) is 3.71. The molecule has 0 aromatic heterocycles. The van der Waals surface area contributed by atoms with Gasteiger partial charge in [0, 0.05) is 22.6 Å². The van der Waals surface area contributed by atoms with Crippen LogP contribution in [0.3, 0.4) is 0 Å². The van der Waals surface area contributed by atoms with Crippen LogP contribution in [0, 0.1) is 6.92 Å². The minimum absolute atomic E-state index is 0.0195. The minimum atomic E-state index is -4.24. The van der Waals surface area contributed by atoms with Crippen molar-refractivity contribution in [2.45, 2.75) is 71.0 Å². The van der Waals surface area contributed by atoms with Crippen LogP contribution >= 0.6 is 23.2 Å². The molecule has 0 saturated carbocycles. The Kier molecular flexibility index (Phi) is 12.3. The Hall–Kier alpha value is -3.27. The van der Waals surface area contributed by atoms with E-state index in [0.29, 0.717) is 34.2 Å². The number of nitrogens with one attached hydrogen (secondary N) is 1. The number of carbonyl (C=O) groups is 2.